The Morgan fingerprint density at radius 2 is 0.581 bits per heavy atom. The smallest absolute Gasteiger partial charge is 0.148 e. The van der Waals surface area contributed by atoms with Gasteiger partial charge in [0, 0.05) is 107 Å². The maximum absolute atomic E-state index is 17.8. The molecule has 0 atom stereocenters. The van der Waals surface area contributed by atoms with E-state index in [-0.39, 0.29) is 11.2 Å². The van der Waals surface area contributed by atoms with Gasteiger partial charge in [-0.2, -0.15) is 0 Å². The van der Waals surface area contributed by atoms with Gasteiger partial charge in [0.1, 0.15) is 28.8 Å². The Bertz CT molecular complexity index is 8370. The molecule has 21 aromatic carbocycles. The second-order valence-corrected chi connectivity index (χ2v) is 49.8. The molecule has 3 aliphatic rings. The zero-order valence-electron chi connectivity index (χ0n) is 78.7. The van der Waals surface area contributed by atoms with Gasteiger partial charge in [0.2, 0.25) is 0 Å². The highest BCUT2D eigenvalue weighted by atomic mass is 28.3. The van der Waals surface area contributed by atoms with Gasteiger partial charge in [-0.1, -0.05) is 311 Å². The first-order valence-corrected chi connectivity index (χ1v) is 54.3. The van der Waals surface area contributed by atoms with Crippen molar-refractivity contribution >= 4 is 159 Å². The van der Waals surface area contributed by atoms with Crippen LogP contribution in [-0.2, 0) is 5.41 Å². The van der Waals surface area contributed by atoms with Crippen LogP contribution in [0.5, 0.6) is 23.0 Å². The van der Waals surface area contributed by atoms with Crippen molar-refractivity contribution < 1.29 is 13.9 Å². The summed E-state index contributed by atoms with van der Waals surface area (Å²) in [4.78, 5) is 9.27. The molecule has 1 aliphatic carbocycles. The summed E-state index contributed by atoms with van der Waals surface area (Å²) in [5.74, 6) is 3.08. The first-order chi connectivity index (χ1) is 66.0. The molecule has 2 heterocycles. The summed E-state index contributed by atoms with van der Waals surface area (Å²) >= 11 is 0. The highest BCUT2D eigenvalue weighted by Crippen LogP contribution is 2.59. The standard InChI is InChI=1S/C65H51FN2OSi.C62H52N2OSi/c1-42-26-32-52-55(34-42)56-40-59-53-33-29-50(67(47-22-14-8-15-23-47)49-27-30-51(31-28-49)70(3,4)5)39-62(53)69-63-36-43(2)35-58(64(59)63)57(56)41-61(52)68(48-24-16-9-17-25-48)65-54(45-20-12-7-13-21-45)37-46(38-60(65)66)44-18-10-6-11-19-44;1-39-22-29-49-51(32-39)52-37-55-50-31-26-45(63(41-16-10-8-11-17-41)43-23-27-46(28-24-43)66(5,6)7)36-59(50)65-60-34-40(2)33-54(61(55)60)53(52)38-58(49)64(42-18-12-9-13-19-42)44-25-30-48-47-20-14-15-21-56(47)62(3,4)57(48)35-44/h6-41H,1-5H3;8-38H,1-7H3. The Morgan fingerprint density at radius 1 is 0.228 bits per heavy atom. The SMILES string of the molecule is Cc1ccc2c(N(c3ccccc3)c3c(F)cc(-c4ccccc4)cc3-c3ccccc3)cc3c4cc(C)cc5c4c(cc3c2c1)-c1ccc(N(c2ccccc2)c2ccc([Si](C)(C)C)cc2)cc1O5.Cc1ccc2c(N(c3ccccc3)c3ccc4c(c3)C(C)(C)c3ccccc3-4)cc3c4cc(C)cc5c4c(cc3c2c1)-c1ccc(N(c2ccccc2)c2ccc([Si](C)(C)C)cc2)cc1O5. The van der Waals surface area contributed by atoms with E-state index in [1.165, 1.54) is 70.7 Å². The van der Waals surface area contributed by atoms with Crippen molar-refractivity contribution in [1.82, 2.24) is 0 Å². The number of fused-ring (bicyclic) bond motifs is 15. The van der Waals surface area contributed by atoms with Crippen LogP contribution in [0.2, 0.25) is 39.3 Å². The zero-order valence-corrected chi connectivity index (χ0v) is 80.7. The predicted octanol–water partition coefficient (Wildman–Crippen LogP) is 35.8. The summed E-state index contributed by atoms with van der Waals surface area (Å²) in [6, 6.07) is 146. The van der Waals surface area contributed by atoms with E-state index in [0.29, 0.717) is 5.69 Å². The highest BCUT2D eigenvalue weighted by Gasteiger charge is 2.38. The van der Waals surface area contributed by atoms with Crippen molar-refractivity contribution in [1.29, 1.82) is 0 Å². The number of nitrogens with zero attached hydrogens (tertiary/aromatic N) is 4. The summed E-state index contributed by atoms with van der Waals surface area (Å²) in [5, 5.41) is 16.6. The van der Waals surface area contributed by atoms with E-state index in [0.717, 1.165) is 179 Å². The van der Waals surface area contributed by atoms with E-state index in [9.17, 15) is 0 Å². The van der Waals surface area contributed by atoms with E-state index < -0.39 is 16.1 Å². The van der Waals surface area contributed by atoms with Crippen molar-refractivity contribution in [2.75, 3.05) is 19.6 Å². The number of halogens is 1. The summed E-state index contributed by atoms with van der Waals surface area (Å²) in [7, 11) is -2.97. The fraction of sp³-hybridized carbons (Fsp3) is 0.102. The van der Waals surface area contributed by atoms with Gasteiger partial charge in [0.05, 0.1) is 33.2 Å². The van der Waals surface area contributed by atoms with E-state index in [2.05, 4.69) is 434 Å². The van der Waals surface area contributed by atoms with Gasteiger partial charge in [0.25, 0.3) is 0 Å². The maximum Gasteiger partial charge on any atom is 0.148 e. The molecule has 24 rings (SSSR count). The van der Waals surface area contributed by atoms with E-state index in [1.54, 1.807) is 6.07 Å². The molecule has 6 nitrogen and oxygen atoms in total. The molecule has 21 aromatic rings. The van der Waals surface area contributed by atoms with Gasteiger partial charge in [0.15, 0.2) is 0 Å². The zero-order chi connectivity index (χ0) is 92.7. The van der Waals surface area contributed by atoms with E-state index >= 15 is 4.39 Å². The molecule has 0 saturated heterocycles. The molecule has 0 spiro atoms. The Morgan fingerprint density at radius 3 is 1.04 bits per heavy atom. The quantitative estimate of drug-likeness (QED) is 0.0708. The summed E-state index contributed by atoms with van der Waals surface area (Å²) in [5.41, 5.74) is 30.0. The fourth-order valence-corrected chi connectivity index (χ4v) is 23.7. The average Bonchev–Trinajstić information content (AvgIpc) is 1.05. The van der Waals surface area contributed by atoms with Crippen LogP contribution >= 0.6 is 0 Å². The Kier molecular flexibility index (Phi) is 20.7. The summed E-state index contributed by atoms with van der Waals surface area (Å²) in [6.45, 7) is 27.8. The Balaban J connectivity index is 0.000000153. The van der Waals surface area contributed by atoms with E-state index in [4.69, 9.17) is 9.47 Å². The van der Waals surface area contributed by atoms with Gasteiger partial charge in [-0.05, 0) is 290 Å². The van der Waals surface area contributed by atoms with Crippen LogP contribution in [0.4, 0.5) is 72.6 Å². The van der Waals surface area contributed by atoms with Gasteiger partial charge in [-0.3, -0.25) is 0 Å². The predicted molar refractivity (Wildman–Crippen MR) is 581 cm³/mol. The first-order valence-electron chi connectivity index (χ1n) is 47.3. The lowest BCUT2D eigenvalue weighted by Gasteiger charge is -2.31. The number of hydrogen-bond acceptors (Lipinski definition) is 6. The first kappa shape index (κ1) is 84.6. The van der Waals surface area contributed by atoms with Gasteiger partial charge in [-0.25, -0.2) is 4.39 Å². The molecule has 0 radical (unpaired) electrons. The third-order valence-corrected chi connectivity index (χ3v) is 32.2. The lowest BCUT2D eigenvalue weighted by atomic mass is 9.82. The molecule has 0 saturated carbocycles. The fourth-order valence-electron chi connectivity index (χ4n) is 21.4. The summed E-state index contributed by atoms with van der Waals surface area (Å²) in [6.07, 6.45) is 0. The van der Waals surface area contributed by atoms with Crippen LogP contribution in [0.25, 0.3) is 120 Å². The number of benzene rings is 21. The second-order valence-electron chi connectivity index (χ2n) is 39.6. The molecular formula is C127H103FN4O2Si2. The molecule has 0 amide bonds. The number of hydrogen-bond donors (Lipinski definition) is 0. The lowest BCUT2D eigenvalue weighted by Crippen LogP contribution is -2.37. The molecule has 0 N–H and O–H groups in total. The molecule has 0 bridgehead atoms. The van der Waals surface area contributed by atoms with Crippen LogP contribution in [-0.4, -0.2) is 16.1 Å². The Hall–Kier alpha value is -15.7. The molecule has 9 heteroatoms. The lowest BCUT2D eigenvalue weighted by molar-refractivity contribution is 0.486. The number of rotatable bonds is 16. The number of para-hydroxylation sites is 4. The summed E-state index contributed by atoms with van der Waals surface area (Å²) < 4.78 is 31.9. The highest BCUT2D eigenvalue weighted by molar-refractivity contribution is 6.89. The number of ether oxygens (including phenoxy) is 2. The Labute approximate surface area is 797 Å². The average molecular weight is 1790 g/mol. The number of aryl methyl sites for hydroxylation is 4. The van der Waals surface area contributed by atoms with Crippen molar-refractivity contribution in [3.8, 4) is 78.6 Å². The maximum atomic E-state index is 17.8. The number of anilines is 12. The third kappa shape index (κ3) is 14.8. The van der Waals surface area contributed by atoms with Crippen molar-refractivity contribution in [3.63, 3.8) is 0 Å². The van der Waals surface area contributed by atoms with Crippen LogP contribution < -0.4 is 39.4 Å². The topological polar surface area (TPSA) is 31.4 Å². The van der Waals surface area contributed by atoms with Gasteiger partial charge < -0.3 is 29.1 Å². The molecule has 0 fully saturated rings. The molecule has 2 aliphatic heterocycles. The minimum Gasteiger partial charge on any atom is -0.456 e. The molecule has 0 unspecified atom stereocenters. The van der Waals surface area contributed by atoms with Crippen molar-refractivity contribution in [3.05, 3.63) is 446 Å². The van der Waals surface area contributed by atoms with Crippen molar-refractivity contribution in [2.24, 2.45) is 0 Å². The molecule has 136 heavy (non-hydrogen) atoms. The van der Waals surface area contributed by atoms with E-state index in [1.807, 2.05) is 66.7 Å². The molecule has 0 aromatic heterocycles. The largest absolute Gasteiger partial charge is 0.456 e. The molecular weight excluding hydrogens is 1690 g/mol. The van der Waals surface area contributed by atoms with Crippen LogP contribution in [0, 0.1) is 33.5 Å². The van der Waals surface area contributed by atoms with Gasteiger partial charge in [-0.15, -0.1) is 0 Å². The van der Waals surface area contributed by atoms with Crippen molar-refractivity contribution in [2.45, 2.75) is 86.2 Å². The van der Waals surface area contributed by atoms with Crippen LogP contribution in [0.1, 0.15) is 47.2 Å². The normalized spacial score (nSPS) is 12.6. The van der Waals surface area contributed by atoms with Gasteiger partial charge >= 0.3 is 0 Å². The minimum atomic E-state index is -1.50. The third-order valence-electron chi connectivity index (χ3n) is 28.1. The monoisotopic (exact) mass is 1790 g/mol. The second kappa shape index (κ2) is 33.2. The van der Waals surface area contributed by atoms with Crippen LogP contribution in [0.15, 0.2) is 406 Å². The van der Waals surface area contributed by atoms with Crippen LogP contribution in [0.3, 0.4) is 0 Å². The molecule has 658 valence electrons. The minimum absolute atomic E-state index is 0.128.